The zero-order chi connectivity index (χ0) is 12.0. The van der Waals surface area contributed by atoms with Crippen LogP contribution in [0.2, 0.25) is 0 Å². The second-order valence-corrected chi connectivity index (χ2v) is 4.87. The van der Waals surface area contributed by atoms with Gasteiger partial charge < -0.3 is 10.1 Å². The van der Waals surface area contributed by atoms with E-state index in [4.69, 9.17) is 4.74 Å². The molecule has 0 aliphatic carbocycles. The molecule has 0 radical (unpaired) electrons. The van der Waals surface area contributed by atoms with Crippen LogP contribution in [0, 0.1) is 0 Å². The summed E-state index contributed by atoms with van der Waals surface area (Å²) in [4.78, 5) is 7.78. The van der Waals surface area contributed by atoms with Gasteiger partial charge in [0, 0.05) is 19.2 Å². The molecule has 0 aromatic carbocycles. The summed E-state index contributed by atoms with van der Waals surface area (Å²) < 4.78 is 28.8. The molecule has 0 bridgehead atoms. The normalized spacial score (nSPS) is 11.1. The number of hydrogen-bond acceptors (Lipinski definition) is 6. The standard InChI is InChI=1S/C8H14N4O3S/c1-15-8-5-7(10-6-11-8)9-3-4-12-16(2,13)14/h5-6,12H,3-4H2,1-2H3,(H,9,10,11). The predicted molar refractivity (Wildman–Crippen MR) is 59.9 cm³/mol. The minimum atomic E-state index is -3.14. The molecule has 0 atom stereocenters. The molecule has 7 nitrogen and oxygen atoms in total. The van der Waals surface area contributed by atoms with Gasteiger partial charge >= 0.3 is 0 Å². The van der Waals surface area contributed by atoms with Crippen LogP contribution in [0.1, 0.15) is 0 Å². The van der Waals surface area contributed by atoms with Crippen LogP contribution in [-0.4, -0.2) is 44.8 Å². The highest BCUT2D eigenvalue weighted by molar-refractivity contribution is 7.88. The van der Waals surface area contributed by atoms with Gasteiger partial charge in [-0.25, -0.2) is 23.1 Å². The van der Waals surface area contributed by atoms with Crippen molar-refractivity contribution in [1.29, 1.82) is 0 Å². The van der Waals surface area contributed by atoms with Crippen molar-refractivity contribution in [1.82, 2.24) is 14.7 Å². The molecule has 1 heterocycles. The summed E-state index contributed by atoms with van der Waals surface area (Å²) in [6, 6.07) is 1.63. The van der Waals surface area contributed by atoms with Gasteiger partial charge in [-0.05, 0) is 0 Å². The molecule has 0 saturated heterocycles. The Kier molecular flexibility index (Phi) is 4.44. The van der Waals surface area contributed by atoms with Crippen molar-refractivity contribution >= 4 is 15.8 Å². The second kappa shape index (κ2) is 5.61. The molecule has 1 rings (SSSR count). The number of nitrogens with one attached hydrogen (secondary N) is 2. The van der Waals surface area contributed by atoms with Gasteiger partial charge in [-0.3, -0.25) is 0 Å². The highest BCUT2D eigenvalue weighted by Crippen LogP contribution is 2.09. The average molecular weight is 246 g/mol. The lowest BCUT2D eigenvalue weighted by atomic mass is 10.5. The third-order valence-corrected chi connectivity index (χ3v) is 2.37. The van der Waals surface area contributed by atoms with Gasteiger partial charge in [0.25, 0.3) is 0 Å². The van der Waals surface area contributed by atoms with Gasteiger partial charge in [-0.15, -0.1) is 0 Å². The summed E-state index contributed by atoms with van der Waals surface area (Å²) in [6.07, 6.45) is 2.48. The van der Waals surface area contributed by atoms with Crippen molar-refractivity contribution in [2.75, 3.05) is 31.8 Å². The summed E-state index contributed by atoms with van der Waals surface area (Å²) in [5.74, 6) is 1.04. The molecular weight excluding hydrogens is 232 g/mol. The number of methoxy groups -OCH3 is 1. The topological polar surface area (TPSA) is 93.2 Å². The van der Waals surface area contributed by atoms with Crippen molar-refractivity contribution in [3.05, 3.63) is 12.4 Å². The number of rotatable bonds is 6. The molecule has 1 aromatic heterocycles. The third kappa shape index (κ3) is 4.89. The van der Waals surface area contributed by atoms with E-state index in [1.165, 1.54) is 13.4 Å². The largest absolute Gasteiger partial charge is 0.481 e. The monoisotopic (exact) mass is 246 g/mol. The van der Waals surface area contributed by atoms with E-state index in [0.29, 0.717) is 24.8 Å². The lowest BCUT2D eigenvalue weighted by Gasteiger charge is -2.06. The Balaban J connectivity index is 2.37. The summed E-state index contributed by atoms with van der Waals surface area (Å²) in [5, 5.41) is 2.93. The molecule has 0 saturated carbocycles. The van der Waals surface area contributed by atoms with E-state index in [0.717, 1.165) is 6.26 Å². The SMILES string of the molecule is COc1cc(NCCNS(C)(=O)=O)ncn1. The number of anilines is 1. The summed E-state index contributed by atoms with van der Waals surface area (Å²) in [5.41, 5.74) is 0. The quantitative estimate of drug-likeness (QED) is 0.654. The van der Waals surface area contributed by atoms with Crippen LogP contribution >= 0.6 is 0 Å². The molecule has 2 N–H and O–H groups in total. The Labute approximate surface area is 94.3 Å². The molecule has 1 aromatic rings. The second-order valence-electron chi connectivity index (χ2n) is 3.04. The summed E-state index contributed by atoms with van der Waals surface area (Å²) in [6.45, 7) is 0.735. The van der Waals surface area contributed by atoms with Crippen LogP contribution in [-0.2, 0) is 10.0 Å². The van der Waals surface area contributed by atoms with Gasteiger partial charge in [0.15, 0.2) is 0 Å². The van der Waals surface area contributed by atoms with Gasteiger partial charge in [-0.2, -0.15) is 0 Å². The highest BCUT2D eigenvalue weighted by Gasteiger charge is 2.00. The van der Waals surface area contributed by atoms with Crippen molar-refractivity contribution < 1.29 is 13.2 Å². The third-order valence-electron chi connectivity index (χ3n) is 1.65. The smallest absolute Gasteiger partial charge is 0.218 e. The molecule has 0 spiro atoms. The van der Waals surface area contributed by atoms with Crippen LogP contribution in [0.5, 0.6) is 5.88 Å². The van der Waals surface area contributed by atoms with Gasteiger partial charge in [0.05, 0.1) is 13.4 Å². The first-order valence-corrected chi connectivity index (χ1v) is 6.45. The van der Waals surface area contributed by atoms with E-state index < -0.39 is 10.0 Å². The molecule has 90 valence electrons. The van der Waals surface area contributed by atoms with Gasteiger partial charge in [0.2, 0.25) is 15.9 Å². The first kappa shape index (κ1) is 12.7. The summed E-state index contributed by atoms with van der Waals surface area (Å²) in [7, 11) is -1.63. The zero-order valence-electron chi connectivity index (χ0n) is 9.10. The molecule has 0 aliphatic heterocycles. The average Bonchev–Trinajstić information content (AvgIpc) is 2.23. The number of hydrogen-bond donors (Lipinski definition) is 2. The Morgan fingerprint density at radius 3 is 2.75 bits per heavy atom. The fourth-order valence-corrected chi connectivity index (χ4v) is 1.45. The van der Waals surface area contributed by atoms with Crippen LogP contribution in [0.15, 0.2) is 12.4 Å². The molecule has 0 aliphatic rings. The van der Waals surface area contributed by atoms with E-state index in [1.54, 1.807) is 6.07 Å². The zero-order valence-corrected chi connectivity index (χ0v) is 9.91. The van der Waals surface area contributed by atoms with Crippen LogP contribution < -0.4 is 14.8 Å². The first-order valence-electron chi connectivity index (χ1n) is 4.56. The number of aromatic nitrogens is 2. The molecule has 0 fully saturated rings. The number of ether oxygens (including phenoxy) is 1. The van der Waals surface area contributed by atoms with E-state index in [2.05, 4.69) is 20.0 Å². The van der Waals surface area contributed by atoms with E-state index >= 15 is 0 Å². The Morgan fingerprint density at radius 2 is 2.12 bits per heavy atom. The van der Waals surface area contributed by atoms with Crippen LogP contribution in [0.4, 0.5) is 5.82 Å². The fourth-order valence-electron chi connectivity index (χ4n) is 0.975. The van der Waals surface area contributed by atoms with Gasteiger partial charge in [0.1, 0.15) is 12.1 Å². The van der Waals surface area contributed by atoms with Crippen LogP contribution in [0.25, 0.3) is 0 Å². The Bertz CT molecular complexity index is 435. The predicted octanol–water partition coefficient (Wildman–Crippen LogP) is -0.554. The van der Waals surface area contributed by atoms with E-state index in [9.17, 15) is 8.42 Å². The minimum absolute atomic E-state index is 0.297. The maximum Gasteiger partial charge on any atom is 0.218 e. The lowest BCUT2D eigenvalue weighted by Crippen LogP contribution is -2.27. The highest BCUT2D eigenvalue weighted by atomic mass is 32.2. The van der Waals surface area contributed by atoms with Crippen molar-refractivity contribution in [2.45, 2.75) is 0 Å². The van der Waals surface area contributed by atoms with E-state index in [1.807, 2.05) is 0 Å². The fraction of sp³-hybridized carbons (Fsp3) is 0.500. The molecule has 8 heteroatoms. The molecule has 0 amide bonds. The van der Waals surface area contributed by atoms with Crippen molar-refractivity contribution in [2.24, 2.45) is 0 Å². The van der Waals surface area contributed by atoms with Crippen molar-refractivity contribution in [3.63, 3.8) is 0 Å². The molecule has 16 heavy (non-hydrogen) atoms. The maximum absolute atomic E-state index is 10.8. The number of sulfonamides is 1. The lowest BCUT2D eigenvalue weighted by molar-refractivity contribution is 0.397. The Hall–Kier alpha value is -1.41. The van der Waals surface area contributed by atoms with E-state index in [-0.39, 0.29) is 0 Å². The Morgan fingerprint density at radius 1 is 1.38 bits per heavy atom. The first-order chi connectivity index (χ1) is 7.51. The number of nitrogens with zero attached hydrogens (tertiary/aromatic N) is 2. The van der Waals surface area contributed by atoms with Crippen molar-refractivity contribution in [3.8, 4) is 5.88 Å². The summed E-state index contributed by atoms with van der Waals surface area (Å²) >= 11 is 0. The molecule has 0 unspecified atom stereocenters. The molecular formula is C8H14N4O3S. The minimum Gasteiger partial charge on any atom is -0.481 e. The maximum atomic E-state index is 10.8. The van der Waals surface area contributed by atoms with Crippen LogP contribution in [0.3, 0.4) is 0 Å². The van der Waals surface area contributed by atoms with Gasteiger partial charge in [-0.1, -0.05) is 0 Å².